The van der Waals surface area contributed by atoms with E-state index in [1.807, 2.05) is 0 Å². The predicted octanol–water partition coefficient (Wildman–Crippen LogP) is 16.7. The van der Waals surface area contributed by atoms with E-state index in [-0.39, 0.29) is 0 Å². The normalized spacial score (nSPS) is 11.5. The molecule has 7 rings (SSSR count). The molecule has 7 aromatic rings. The lowest BCUT2D eigenvalue weighted by Crippen LogP contribution is -2.14. The van der Waals surface area contributed by atoms with Crippen LogP contribution in [-0.2, 0) is 0 Å². The summed E-state index contributed by atoms with van der Waals surface area (Å²) in [5.41, 5.74) is 27.6. The van der Waals surface area contributed by atoms with Crippen LogP contribution in [0.1, 0.15) is 89.0 Å². The number of hydrogen-bond donors (Lipinski definition) is 0. The Kier molecular flexibility index (Phi) is 12.2. The minimum absolute atomic E-state index is 1.15. The van der Waals surface area contributed by atoms with Crippen molar-refractivity contribution in [2.24, 2.45) is 0 Å². The summed E-state index contributed by atoms with van der Waals surface area (Å²) >= 11 is 0. The average molecular weight is 785 g/mol. The van der Waals surface area contributed by atoms with E-state index in [1.165, 1.54) is 101 Å². The zero-order chi connectivity index (χ0) is 42.8. The van der Waals surface area contributed by atoms with Crippen LogP contribution in [0.5, 0.6) is 0 Å². The summed E-state index contributed by atoms with van der Waals surface area (Å²) in [7, 11) is 0. The summed E-state index contributed by atoms with van der Waals surface area (Å²) < 4.78 is 0. The largest absolute Gasteiger partial charge is 0.310 e. The van der Waals surface area contributed by atoms with Gasteiger partial charge in [-0.2, -0.15) is 0 Å². The molecule has 0 spiro atoms. The Balaban J connectivity index is 1.15. The predicted molar refractivity (Wildman–Crippen MR) is 263 cm³/mol. The van der Waals surface area contributed by atoms with Gasteiger partial charge >= 0.3 is 0 Å². The molecule has 2 heteroatoms. The molecule has 0 heterocycles. The van der Waals surface area contributed by atoms with Crippen molar-refractivity contribution in [2.75, 3.05) is 9.80 Å². The topological polar surface area (TPSA) is 6.48 Å². The minimum Gasteiger partial charge on any atom is -0.310 e. The summed E-state index contributed by atoms with van der Waals surface area (Å²) in [6.07, 6.45) is 8.89. The maximum absolute atomic E-state index is 2.43. The summed E-state index contributed by atoms with van der Waals surface area (Å²) in [6.45, 7) is 26.7. The maximum Gasteiger partial charge on any atom is 0.0493 e. The summed E-state index contributed by atoms with van der Waals surface area (Å²) in [4.78, 5) is 4.85. The highest BCUT2D eigenvalue weighted by Crippen LogP contribution is 2.42. The smallest absolute Gasteiger partial charge is 0.0493 e. The summed E-state index contributed by atoms with van der Waals surface area (Å²) in [5.74, 6) is 0. The molecule has 0 fully saturated rings. The molecule has 0 aliphatic carbocycles. The first-order valence-corrected chi connectivity index (χ1v) is 21.3. The van der Waals surface area contributed by atoms with E-state index < -0.39 is 0 Å². The van der Waals surface area contributed by atoms with Crippen LogP contribution < -0.4 is 9.80 Å². The summed E-state index contributed by atoms with van der Waals surface area (Å²) in [6, 6.07) is 44.6. The molecule has 0 saturated heterocycles. The van der Waals surface area contributed by atoms with Crippen molar-refractivity contribution in [3.8, 4) is 0 Å². The number of aryl methyl sites for hydroxylation is 4. The number of hydrogen-bond acceptors (Lipinski definition) is 2. The lowest BCUT2D eigenvalue weighted by Gasteiger charge is -2.30. The average Bonchev–Trinajstić information content (AvgIpc) is 3.25. The van der Waals surface area contributed by atoms with Crippen LogP contribution in [-0.4, -0.2) is 0 Å². The summed E-state index contributed by atoms with van der Waals surface area (Å²) in [5, 5.41) is 0. The third-order valence-electron chi connectivity index (χ3n) is 13.3. The molecule has 0 aromatic heterocycles. The van der Waals surface area contributed by atoms with Gasteiger partial charge in [-0.15, -0.1) is 0 Å². The molecule has 2 nitrogen and oxygen atoms in total. The molecule has 0 saturated carbocycles. The highest BCUT2D eigenvalue weighted by molar-refractivity contribution is 5.85. The third kappa shape index (κ3) is 8.25. The SMILES string of the molecule is Cc1ccc(N(c2ccc(/C=C/c3ccccc3/C=C/c3ccc(N(c4ccc(C)c(C)c4C)c4ccc(C)c(C)c4C)cc3)cc2)c2ccc(C)c(C)c2C)c(C)c1C. The van der Waals surface area contributed by atoms with E-state index in [9.17, 15) is 0 Å². The molecule has 60 heavy (non-hydrogen) atoms. The van der Waals surface area contributed by atoms with Gasteiger partial charge in [0, 0.05) is 34.1 Å². The van der Waals surface area contributed by atoms with E-state index in [4.69, 9.17) is 0 Å². The van der Waals surface area contributed by atoms with Gasteiger partial charge in [0.05, 0.1) is 0 Å². The highest BCUT2D eigenvalue weighted by atomic mass is 15.2. The molecular formula is C58H60N2. The van der Waals surface area contributed by atoms with Gasteiger partial charge in [0.15, 0.2) is 0 Å². The molecule has 0 aliphatic heterocycles. The first-order valence-electron chi connectivity index (χ1n) is 21.3. The van der Waals surface area contributed by atoms with Gasteiger partial charge < -0.3 is 9.80 Å². The van der Waals surface area contributed by atoms with Crippen LogP contribution in [0, 0.1) is 83.1 Å². The van der Waals surface area contributed by atoms with Gasteiger partial charge in [0.1, 0.15) is 0 Å². The van der Waals surface area contributed by atoms with Gasteiger partial charge in [-0.1, -0.05) is 97.1 Å². The van der Waals surface area contributed by atoms with E-state index in [2.05, 4.69) is 239 Å². The Hall–Kier alpha value is -6.38. The van der Waals surface area contributed by atoms with Crippen LogP contribution in [0.15, 0.2) is 121 Å². The molecule has 0 radical (unpaired) electrons. The van der Waals surface area contributed by atoms with Crippen molar-refractivity contribution >= 4 is 58.4 Å². The lowest BCUT2D eigenvalue weighted by atomic mass is 9.98. The molecule has 0 atom stereocenters. The lowest BCUT2D eigenvalue weighted by molar-refractivity contribution is 1.16. The zero-order valence-corrected chi connectivity index (χ0v) is 37.8. The Morgan fingerprint density at radius 2 is 0.533 bits per heavy atom. The van der Waals surface area contributed by atoms with Crippen molar-refractivity contribution in [3.63, 3.8) is 0 Å². The van der Waals surface area contributed by atoms with Gasteiger partial charge in [0.2, 0.25) is 0 Å². The fraction of sp³-hybridized carbons (Fsp3) is 0.207. The second-order valence-corrected chi connectivity index (χ2v) is 16.8. The van der Waals surface area contributed by atoms with Crippen LogP contribution in [0.2, 0.25) is 0 Å². The first-order chi connectivity index (χ1) is 28.7. The number of nitrogens with zero attached hydrogens (tertiary/aromatic N) is 2. The zero-order valence-electron chi connectivity index (χ0n) is 37.8. The van der Waals surface area contributed by atoms with Crippen molar-refractivity contribution < 1.29 is 0 Å². The van der Waals surface area contributed by atoms with Gasteiger partial charge in [-0.25, -0.2) is 0 Å². The van der Waals surface area contributed by atoms with Crippen LogP contribution >= 0.6 is 0 Å². The van der Waals surface area contributed by atoms with Crippen LogP contribution in [0.25, 0.3) is 24.3 Å². The number of rotatable bonds is 10. The van der Waals surface area contributed by atoms with Crippen molar-refractivity contribution in [1.82, 2.24) is 0 Å². The first kappa shape index (κ1) is 41.8. The van der Waals surface area contributed by atoms with E-state index in [0.717, 1.165) is 22.5 Å². The molecule has 0 amide bonds. The van der Waals surface area contributed by atoms with Crippen molar-refractivity contribution in [2.45, 2.75) is 83.1 Å². The molecular weight excluding hydrogens is 725 g/mol. The van der Waals surface area contributed by atoms with Crippen molar-refractivity contribution in [3.05, 3.63) is 210 Å². The Bertz CT molecular complexity index is 2450. The molecule has 0 aliphatic rings. The van der Waals surface area contributed by atoms with E-state index in [1.54, 1.807) is 0 Å². The standard InChI is InChI=1S/C58H60N2/c1-37-17-33-55(45(9)41(37)5)59(56-34-18-38(2)42(6)46(56)10)53-29-23-49(24-30-53)21-27-51-15-13-14-16-52(51)28-22-50-25-31-54(32-26-50)60(57-35-19-39(3)43(7)47(57)11)58-36-20-40(4)44(8)48(58)12/h13-36H,1-12H3/b27-21+,28-22+. The minimum atomic E-state index is 1.15. The molecule has 302 valence electrons. The Morgan fingerprint density at radius 3 is 0.800 bits per heavy atom. The fourth-order valence-electron chi connectivity index (χ4n) is 8.21. The fourth-order valence-corrected chi connectivity index (χ4v) is 8.21. The molecule has 0 unspecified atom stereocenters. The van der Waals surface area contributed by atoms with E-state index in [0.29, 0.717) is 0 Å². The van der Waals surface area contributed by atoms with Gasteiger partial charge in [-0.3, -0.25) is 0 Å². The van der Waals surface area contributed by atoms with Crippen LogP contribution in [0.4, 0.5) is 34.1 Å². The monoisotopic (exact) mass is 784 g/mol. The maximum atomic E-state index is 2.43. The highest BCUT2D eigenvalue weighted by Gasteiger charge is 2.21. The third-order valence-corrected chi connectivity index (χ3v) is 13.3. The molecule has 7 aromatic carbocycles. The van der Waals surface area contributed by atoms with Crippen LogP contribution in [0.3, 0.4) is 0 Å². The number of anilines is 6. The number of benzene rings is 7. The molecule has 0 N–H and O–H groups in total. The second kappa shape index (κ2) is 17.5. The van der Waals surface area contributed by atoms with Gasteiger partial charge in [-0.05, 0) is 221 Å². The second-order valence-electron chi connectivity index (χ2n) is 16.8. The Morgan fingerprint density at radius 1 is 0.267 bits per heavy atom. The Labute approximate surface area is 360 Å². The van der Waals surface area contributed by atoms with E-state index >= 15 is 0 Å². The van der Waals surface area contributed by atoms with Crippen molar-refractivity contribution in [1.29, 1.82) is 0 Å². The van der Waals surface area contributed by atoms with Gasteiger partial charge in [0.25, 0.3) is 0 Å². The quantitative estimate of drug-likeness (QED) is 0.127. The molecule has 0 bridgehead atoms.